The second-order valence-electron chi connectivity index (χ2n) is 3.36. The highest BCUT2D eigenvalue weighted by atomic mass is 32.2. The van der Waals surface area contributed by atoms with Crippen molar-refractivity contribution in [3.8, 4) is 5.75 Å². The number of benzene rings is 1. The zero-order chi connectivity index (χ0) is 10.7. The van der Waals surface area contributed by atoms with Crippen LogP contribution in [0.1, 0.15) is 5.56 Å². The zero-order valence-electron chi connectivity index (χ0n) is 8.53. The van der Waals surface area contributed by atoms with Crippen LogP contribution in [0.3, 0.4) is 0 Å². The van der Waals surface area contributed by atoms with Crippen molar-refractivity contribution in [1.82, 2.24) is 5.32 Å². The van der Waals surface area contributed by atoms with E-state index in [1.165, 1.54) is 0 Å². The van der Waals surface area contributed by atoms with E-state index in [4.69, 9.17) is 4.74 Å². The van der Waals surface area contributed by atoms with Gasteiger partial charge in [0, 0.05) is 12.3 Å². The molecule has 0 amide bonds. The van der Waals surface area contributed by atoms with Gasteiger partial charge in [0.15, 0.2) is 6.29 Å². The molecule has 1 atom stereocenters. The molecule has 80 valence electrons. The van der Waals surface area contributed by atoms with Gasteiger partial charge in [-0.2, -0.15) is 0 Å². The van der Waals surface area contributed by atoms with Crippen LogP contribution < -0.4 is 10.1 Å². The van der Waals surface area contributed by atoms with Crippen LogP contribution in [0.4, 0.5) is 0 Å². The summed E-state index contributed by atoms with van der Waals surface area (Å²) in [4.78, 5) is 10.6. The first-order chi connectivity index (χ1) is 7.30. The van der Waals surface area contributed by atoms with Crippen molar-refractivity contribution in [2.45, 2.75) is 4.87 Å². The van der Waals surface area contributed by atoms with Crippen molar-refractivity contribution >= 4 is 18.0 Å². The van der Waals surface area contributed by atoms with Crippen LogP contribution in [-0.4, -0.2) is 25.7 Å². The van der Waals surface area contributed by atoms with Gasteiger partial charge in [-0.05, 0) is 17.7 Å². The Morgan fingerprint density at radius 3 is 2.67 bits per heavy atom. The Hall–Kier alpha value is -1.00. The summed E-state index contributed by atoms with van der Waals surface area (Å²) >= 11 is 1.64. The van der Waals surface area contributed by atoms with Crippen molar-refractivity contribution in [1.29, 1.82) is 0 Å². The molecule has 0 bridgehead atoms. The number of carbonyl (C=O) groups excluding carboxylic acids is 1. The van der Waals surface area contributed by atoms with Gasteiger partial charge in [-0.1, -0.05) is 12.1 Å². The molecule has 1 unspecified atom stereocenters. The Kier molecular flexibility index (Phi) is 2.98. The number of rotatable bonds is 3. The first-order valence-corrected chi connectivity index (χ1v) is 5.79. The van der Waals surface area contributed by atoms with E-state index in [1.54, 1.807) is 18.9 Å². The Bertz CT molecular complexity index is 344. The van der Waals surface area contributed by atoms with E-state index < -0.39 is 4.87 Å². The molecule has 0 radical (unpaired) electrons. The summed E-state index contributed by atoms with van der Waals surface area (Å²) in [6.07, 6.45) is 0.979. The van der Waals surface area contributed by atoms with Gasteiger partial charge in [0.1, 0.15) is 10.6 Å². The third-order valence-corrected chi connectivity index (χ3v) is 3.84. The average molecular weight is 223 g/mol. The first kappa shape index (κ1) is 10.5. The number of aldehydes is 1. The van der Waals surface area contributed by atoms with Crippen molar-refractivity contribution in [3.05, 3.63) is 29.8 Å². The maximum absolute atomic E-state index is 11.2. The maximum atomic E-state index is 11.2. The van der Waals surface area contributed by atoms with Crippen LogP contribution in [0.15, 0.2) is 24.3 Å². The lowest BCUT2D eigenvalue weighted by Crippen LogP contribution is -2.35. The summed E-state index contributed by atoms with van der Waals surface area (Å²) < 4.78 is 5.08. The molecule has 0 aliphatic carbocycles. The number of methoxy groups -OCH3 is 1. The standard InChI is InChI=1S/C11H13NO2S/c1-14-10-4-2-9(3-5-10)11(8-13)12-6-7-15-11/h2-5,8,12H,6-7H2,1H3. The molecular formula is C11H13NO2S. The summed E-state index contributed by atoms with van der Waals surface area (Å²) in [5, 5.41) is 3.23. The summed E-state index contributed by atoms with van der Waals surface area (Å²) in [7, 11) is 1.63. The number of hydrogen-bond acceptors (Lipinski definition) is 4. The lowest BCUT2D eigenvalue weighted by atomic mass is 10.1. The topological polar surface area (TPSA) is 38.3 Å². The smallest absolute Gasteiger partial charge is 0.154 e. The van der Waals surface area contributed by atoms with Crippen LogP contribution >= 0.6 is 11.8 Å². The van der Waals surface area contributed by atoms with E-state index in [0.29, 0.717) is 0 Å². The van der Waals surface area contributed by atoms with Crippen LogP contribution in [0.5, 0.6) is 5.75 Å². The molecule has 1 heterocycles. The van der Waals surface area contributed by atoms with Crippen molar-refractivity contribution in [3.63, 3.8) is 0 Å². The molecule has 3 nitrogen and oxygen atoms in total. The molecule has 1 saturated heterocycles. The van der Waals surface area contributed by atoms with E-state index in [9.17, 15) is 4.79 Å². The molecule has 0 spiro atoms. The monoisotopic (exact) mass is 223 g/mol. The fourth-order valence-corrected chi connectivity index (χ4v) is 2.77. The molecular weight excluding hydrogens is 210 g/mol. The Balaban J connectivity index is 2.30. The minimum atomic E-state index is -0.549. The molecule has 4 heteroatoms. The van der Waals surface area contributed by atoms with Gasteiger partial charge in [-0.15, -0.1) is 11.8 Å². The van der Waals surface area contributed by atoms with E-state index in [-0.39, 0.29) is 0 Å². The van der Waals surface area contributed by atoms with Crippen molar-refractivity contribution < 1.29 is 9.53 Å². The third-order valence-electron chi connectivity index (χ3n) is 2.50. The fraction of sp³-hybridized carbons (Fsp3) is 0.364. The van der Waals surface area contributed by atoms with E-state index >= 15 is 0 Å². The SMILES string of the molecule is COc1ccc(C2(C=O)NCCS2)cc1. The second kappa shape index (κ2) is 4.24. The predicted octanol–water partition coefficient (Wildman–Crippen LogP) is 1.38. The van der Waals surface area contributed by atoms with Gasteiger partial charge < -0.3 is 4.74 Å². The fourth-order valence-electron chi connectivity index (χ4n) is 1.67. The van der Waals surface area contributed by atoms with Gasteiger partial charge in [0.2, 0.25) is 0 Å². The number of ether oxygens (including phenoxy) is 1. The molecule has 1 aromatic carbocycles. The molecule has 1 aliphatic heterocycles. The van der Waals surface area contributed by atoms with Gasteiger partial charge in [-0.25, -0.2) is 0 Å². The quantitative estimate of drug-likeness (QED) is 0.786. The second-order valence-corrected chi connectivity index (χ2v) is 4.70. The van der Waals surface area contributed by atoms with Gasteiger partial charge in [0.05, 0.1) is 7.11 Å². The lowest BCUT2D eigenvalue weighted by Gasteiger charge is -2.22. The van der Waals surface area contributed by atoms with E-state index in [1.807, 2.05) is 24.3 Å². The van der Waals surface area contributed by atoms with Gasteiger partial charge in [0.25, 0.3) is 0 Å². The predicted molar refractivity (Wildman–Crippen MR) is 61.2 cm³/mol. The first-order valence-electron chi connectivity index (χ1n) is 4.80. The molecule has 1 N–H and O–H groups in total. The maximum Gasteiger partial charge on any atom is 0.154 e. The summed E-state index contributed by atoms with van der Waals surface area (Å²) in [5.41, 5.74) is 0.987. The third kappa shape index (κ3) is 1.87. The molecule has 15 heavy (non-hydrogen) atoms. The molecule has 0 saturated carbocycles. The van der Waals surface area contributed by atoms with Crippen LogP contribution in [0.2, 0.25) is 0 Å². The van der Waals surface area contributed by atoms with Gasteiger partial charge >= 0.3 is 0 Å². The molecule has 1 aromatic rings. The molecule has 2 rings (SSSR count). The Morgan fingerprint density at radius 1 is 1.47 bits per heavy atom. The minimum absolute atomic E-state index is 0.549. The van der Waals surface area contributed by atoms with Crippen LogP contribution in [0.25, 0.3) is 0 Å². The van der Waals surface area contributed by atoms with E-state index in [2.05, 4.69) is 5.32 Å². The minimum Gasteiger partial charge on any atom is -0.497 e. The van der Waals surface area contributed by atoms with Crippen LogP contribution in [-0.2, 0) is 9.67 Å². The number of thioether (sulfide) groups is 1. The molecule has 1 fully saturated rings. The van der Waals surface area contributed by atoms with Crippen molar-refractivity contribution in [2.75, 3.05) is 19.4 Å². The average Bonchev–Trinajstić information content (AvgIpc) is 2.79. The normalized spacial score (nSPS) is 25.1. The molecule has 1 aliphatic rings. The van der Waals surface area contributed by atoms with Crippen molar-refractivity contribution in [2.24, 2.45) is 0 Å². The van der Waals surface area contributed by atoms with E-state index in [0.717, 1.165) is 29.9 Å². The van der Waals surface area contributed by atoms with Gasteiger partial charge in [-0.3, -0.25) is 10.1 Å². The highest BCUT2D eigenvalue weighted by molar-refractivity contribution is 8.01. The highest BCUT2D eigenvalue weighted by Gasteiger charge is 2.35. The Labute approximate surface area is 93.2 Å². The highest BCUT2D eigenvalue weighted by Crippen LogP contribution is 2.36. The van der Waals surface area contributed by atoms with Crippen LogP contribution in [0, 0.1) is 0 Å². The summed E-state index contributed by atoms with van der Waals surface area (Å²) in [6.45, 7) is 0.870. The number of nitrogens with one attached hydrogen (secondary N) is 1. The molecule has 0 aromatic heterocycles. The number of carbonyl (C=O) groups is 1. The summed E-state index contributed by atoms with van der Waals surface area (Å²) in [5.74, 6) is 1.77. The Morgan fingerprint density at radius 2 is 2.20 bits per heavy atom. The lowest BCUT2D eigenvalue weighted by molar-refractivity contribution is -0.110. The summed E-state index contributed by atoms with van der Waals surface area (Å²) in [6, 6.07) is 7.61. The zero-order valence-corrected chi connectivity index (χ0v) is 9.34. The largest absolute Gasteiger partial charge is 0.497 e. The number of hydrogen-bond donors (Lipinski definition) is 1.